The van der Waals surface area contributed by atoms with E-state index >= 15 is 0 Å². The Labute approximate surface area is 175 Å². The minimum atomic E-state index is -0.519. The van der Waals surface area contributed by atoms with Crippen LogP contribution in [0.4, 0.5) is 11.4 Å². The van der Waals surface area contributed by atoms with Crippen molar-refractivity contribution in [1.82, 2.24) is 5.32 Å². The molecule has 0 bridgehead atoms. The first-order valence-corrected chi connectivity index (χ1v) is 9.84. The van der Waals surface area contributed by atoms with E-state index < -0.39 is 5.92 Å². The summed E-state index contributed by atoms with van der Waals surface area (Å²) in [6.45, 7) is 5.96. The predicted octanol–water partition coefficient (Wildman–Crippen LogP) is 3.37. The van der Waals surface area contributed by atoms with Gasteiger partial charge in [0, 0.05) is 18.7 Å². The second-order valence-electron chi connectivity index (χ2n) is 7.40. The largest absolute Gasteiger partial charge is 0.347 e. The van der Waals surface area contributed by atoms with Crippen LogP contribution in [-0.2, 0) is 14.4 Å². The highest BCUT2D eigenvalue weighted by molar-refractivity contribution is 6.33. The SMILES string of the molecule is Cc1cc(C)c(NC(=O)CNC(=O)[C@@H]2CC(=O)N(c3ccccc3Cl)C2)c(C)c1. The molecule has 0 radical (unpaired) electrons. The summed E-state index contributed by atoms with van der Waals surface area (Å²) in [5, 5.41) is 5.96. The molecule has 1 atom stereocenters. The number of amides is 3. The first-order valence-electron chi connectivity index (χ1n) is 9.46. The first-order chi connectivity index (χ1) is 13.8. The Balaban J connectivity index is 1.57. The van der Waals surface area contributed by atoms with Gasteiger partial charge in [-0.2, -0.15) is 0 Å². The maximum Gasteiger partial charge on any atom is 0.243 e. The lowest BCUT2D eigenvalue weighted by Gasteiger charge is -2.18. The highest BCUT2D eigenvalue weighted by atomic mass is 35.5. The van der Waals surface area contributed by atoms with Crippen molar-refractivity contribution in [3.63, 3.8) is 0 Å². The van der Waals surface area contributed by atoms with Crippen LogP contribution in [0.5, 0.6) is 0 Å². The summed E-state index contributed by atoms with van der Waals surface area (Å²) >= 11 is 6.16. The van der Waals surface area contributed by atoms with Crippen LogP contribution in [0.1, 0.15) is 23.1 Å². The number of nitrogens with zero attached hydrogens (tertiary/aromatic N) is 1. The molecule has 0 aliphatic carbocycles. The quantitative estimate of drug-likeness (QED) is 0.788. The van der Waals surface area contributed by atoms with E-state index in [4.69, 9.17) is 11.6 Å². The Morgan fingerprint density at radius 1 is 1.14 bits per heavy atom. The van der Waals surface area contributed by atoms with Crippen molar-refractivity contribution in [3.05, 3.63) is 58.1 Å². The Bertz CT molecular complexity index is 951. The molecule has 152 valence electrons. The number of halogens is 1. The maximum absolute atomic E-state index is 12.5. The van der Waals surface area contributed by atoms with Gasteiger partial charge >= 0.3 is 0 Å². The number of carbonyl (C=O) groups excluding carboxylic acids is 3. The lowest BCUT2D eigenvalue weighted by molar-refractivity contribution is -0.127. The van der Waals surface area contributed by atoms with Crippen LogP contribution in [0.25, 0.3) is 0 Å². The average molecular weight is 414 g/mol. The number of carbonyl (C=O) groups is 3. The first kappa shape index (κ1) is 20.9. The molecular weight excluding hydrogens is 390 g/mol. The standard InChI is InChI=1S/C22H24ClN3O3/c1-13-8-14(2)21(15(3)9-13)25-19(27)11-24-22(29)16-10-20(28)26(12-16)18-7-5-4-6-17(18)23/h4-9,16H,10-12H2,1-3H3,(H,24,29)(H,25,27)/t16-/m1/s1. The molecule has 0 unspecified atom stereocenters. The third kappa shape index (κ3) is 4.77. The van der Waals surface area contributed by atoms with Crippen LogP contribution >= 0.6 is 11.6 Å². The molecule has 0 aromatic heterocycles. The van der Waals surface area contributed by atoms with Gasteiger partial charge in [-0.3, -0.25) is 14.4 Å². The molecular formula is C22H24ClN3O3. The normalized spacial score (nSPS) is 16.1. The van der Waals surface area contributed by atoms with E-state index in [0.29, 0.717) is 10.7 Å². The van der Waals surface area contributed by atoms with Gasteiger partial charge in [-0.15, -0.1) is 0 Å². The lowest BCUT2D eigenvalue weighted by Crippen LogP contribution is -2.38. The molecule has 1 aliphatic rings. The highest BCUT2D eigenvalue weighted by Gasteiger charge is 2.35. The van der Waals surface area contributed by atoms with E-state index in [1.54, 1.807) is 24.3 Å². The number of anilines is 2. The van der Waals surface area contributed by atoms with Crippen LogP contribution in [0.15, 0.2) is 36.4 Å². The molecule has 0 saturated carbocycles. The summed E-state index contributed by atoms with van der Waals surface area (Å²) in [6.07, 6.45) is 0.0921. The molecule has 1 saturated heterocycles. The van der Waals surface area contributed by atoms with Gasteiger partial charge in [0.05, 0.1) is 23.2 Å². The van der Waals surface area contributed by atoms with Crippen molar-refractivity contribution in [3.8, 4) is 0 Å². The number of benzene rings is 2. The van der Waals surface area contributed by atoms with Crippen LogP contribution in [-0.4, -0.2) is 30.8 Å². The van der Waals surface area contributed by atoms with Crippen molar-refractivity contribution in [1.29, 1.82) is 0 Å². The average Bonchev–Trinajstić information content (AvgIpc) is 3.04. The Morgan fingerprint density at radius 2 is 1.79 bits per heavy atom. The van der Waals surface area contributed by atoms with Gasteiger partial charge in [0.15, 0.2) is 0 Å². The van der Waals surface area contributed by atoms with E-state index in [-0.39, 0.29) is 37.2 Å². The molecule has 1 heterocycles. The number of hydrogen-bond acceptors (Lipinski definition) is 3. The fourth-order valence-electron chi connectivity index (χ4n) is 3.66. The van der Waals surface area contributed by atoms with Crippen molar-refractivity contribution >= 4 is 40.7 Å². The van der Waals surface area contributed by atoms with Gasteiger partial charge in [0.25, 0.3) is 0 Å². The molecule has 2 N–H and O–H groups in total. The zero-order valence-corrected chi connectivity index (χ0v) is 17.5. The molecule has 2 aromatic rings. The second kappa shape index (κ2) is 8.66. The second-order valence-corrected chi connectivity index (χ2v) is 7.80. The summed E-state index contributed by atoms with van der Waals surface area (Å²) in [5.41, 5.74) is 4.42. The van der Waals surface area contributed by atoms with Crippen molar-refractivity contribution in [2.75, 3.05) is 23.3 Å². The number of hydrogen-bond donors (Lipinski definition) is 2. The summed E-state index contributed by atoms with van der Waals surface area (Å²) in [6, 6.07) is 11.0. The van der Waals surface area contributed by atoms with E-state index in [1.165, 1.54) is 4.90 Å². The molecule has 6 nitrogen and oxygen atoms in total. The van der Waals surface area contributed by atoms with Gasteiger partial charge in [0.1, 0.15) is 0 Å². The van der Waals surface area contributed by atoms with Crippen LogP contribution in [0.3, 0.4) is 0 Å². The van der Waals surface area contributed by atoms with Crippen molar-refractivity contribution in [2.24, 2.45) is 5.92 Å². The highest BCUT2D eigenvalue weighted by Crippen LogP contribution is 2.31. The molecule has 7 heteroatoms. The Morgan fingerprint density at radius 3 is 2.45 bits per heavy atom. The Hall–Kier alpha value is -2.86. The maximum atomic E-state index is 12.5. The monoisotopic (exact) mass is 413 g/mol. The molecule has 3 amide bonds. The fraction of sp³-hybridized carbons (Fsp3) is 0.318. The Kier molecular flexibility index (Phi) is 6.23. The summed E-state index contributed by atoms with van der Waals surface area (Å²) in [4.78, 5) is 38.6. The van der Waals surface area contributed by atoms with Gasteiger partial charge in [-0.25, -0.2) is 0 Å². The third-order valence-corrected chi connectivity index (χ3v) is 5.32. The zero-order chi connectivity index (χ0) is 21.1. The fourth-order valence-corrected chi connectivity index (χ4v) is 3.90. The summed E-state index contributed by atoms with van der Waals surface area (Å²) in [5.74, 6) is -1.30. The summed E-state index contributed by atoms with van der Waals surface area (Å²) < 4.78 is 0. The van der Waals surface area contributed by atoms with Gasteiger partial charge in [-0.1, -0.05) is 41.4 Å². The number of nitrogens with one attached hydrogen (secondary N) is 2. The van der Waals surface area contributed by atoms with Gasteiger partial charge in [-0.05, 0) is 44.0 Å². The molecule has 1 fully saturated rings. The smallest absolute Gasteiger partial charge is 0.243 e. The van der Waals surface area contributed by atoms with E-state index in [2.05, 4.69) is 10.6 Å². The van der Waals surface area contributed by atoms with Crippen molar-refractivity contribution in [2.45, 2.75) is 27.2 Å². The van der Waals surface area contributed by atoms with Gasteiger partial charge in [0.2, 0.25) is 17.7 Å². The molecule has 29 heavy (non-hydrogen) atoms. The van der Waals surface area contributed by atoms with E-state index in [1.807, 2.05) is 32.9 Å². The number of para-hydroxylation sites is 1. The predicted molar refractivity (Wildman–Crippen MR) is 114 cm³/mol. The van der Waals surface area contributed by atoms with Gasteiger partial charge < -0.3 is 15.5 Å². The minimum absolute atomic E-state index is 0.0921. The lowest BCUT2D eigenvalue weighted by atomic mass is 10.1. The molecule has 2 aromatic carbocycles. The van der Waals surface area contributed by atoms with E-state index in [9.17, 15) is 14.4 Å². The molecule has 1 aliphatic heterocycles. The summed E-state index contributed by atoms with van der Waals surface area (Å²) in [7, 11) is 0. The number of aryl methyl sites for hydroxylation is 3. The molecule has 3 rings (SSSR count). The minimum Gasteiger partial charge on any atom is -0.347 e. The number of rotatable bonds is 5. The topological polar surface area (TPSA) is 78.5 Å². The van der Waals surface area contributed by atoms with E-state index in [0.717, 1.165) is 22.4 Å². The molecule has 0 spiro atoms. The van der Waals surface area contributed by atoms with Crippen molar-refractivity contribution < 1.29 is 14.4 Å². The van der Waals surface area contributed by atoms with Crippen LogP contribution < -0.4 is 15.5 Å². The zero-order valence-electron chi connectivity index (χ0n) is 16.7. The van der Waals surface area contributed by atoms with Crippen LogP contribution in [0, 0.1) is 26.7 Å². The van der Waals surface area contributed by atoms with Crippen LogP contribution in [0.2, 0.25) is 5.02 Å². The third-order valence-electron chi connectivity index (χ3n) is 5.00.